The van der Waals surface area contributed by atoms with Crippen LogP contribution in [0.4, 0.5) is 15.8 Å². The number of anilines is 2. The first kappa shape index (κ1) is 26.0. The summed E-state index contributed by atoms with van der Waals surface area (Å²) in [5.41, 5.74) is 1.25. The second kappa shape index (κ2) is 10.2. The molecule has 0 aliphatic heterocycles. The van der Waals surface area contributed by atoms with Crippen LogP contribution in [-0.2, 0) is 9.59 Å². The number of halogens is 1. The number of methoxy groups -OCH3 is 2. The maximum absolute atomic E-state index is 13.2. The summed E-state index contributed by atoms with van der Waals surface area (Å²) in [5.74, 6) is 0.403. The smallest absolute Gasteiger partial charge is 0.228 e. The van der Waals surface area contributed by atoms with Crippen LogP contribution in [-0.4, -0.2) is 31.0 Å². The number of hydrogen-bond donors (Lipinski definition) is 2. The molecule has 1 saturated carbocycles. The van der Waals surface area contributed by atoms with Crippen molar-refractivity contribution in [1.29, 1.82) is 0 Å². The molecule has 3 aromatic carbocycles. The Morgan fingerprint density at radius 1 is 0.795 bits per heavy atom. The molecule has 0 radical (unpaired) electrons. The second-order valence-electron chi connectivity index (χ2n) is 9.92. The van der Waals surface area contributed by atoms with Crippen LogP contribution >= 0.6 is 0 Å². The van der Waals surface area contributed by atoms with Crippen LogP contribution in [0.1, 0.15) is 13.8 Å². The van der Waals surface area contributed by atoms with Crippen LogP contribution in [0.3, 0.4) is 0 Å². The fourth-order valence-corrected chi connectivity index (χ4v) is 4.86. The second-order valence-corrected chi connectivity index (χ2v) is 9.92. The SMILES string of the molecule is COc1cc2nccc(Oc3ccc(NC(=O)[C@H]4[C@@H](C(=O)Nc5ccc(F)cc5)C4(C)C)cc3)c2cc1OC. The number of carbonyl (C=O) groups excluding carboxylic acids is 2. The molecule has 1 heterocycles. The van der Waals surface area contributed by atoms with Gasteiger partial charge in [0.1, 0.15) is 17.3 Å². The molecule has 2 N–H and O–H groups in total. The lowest BCUT2D eigenvalue weighted by Gasteiger charge is -2.13. The quantitative estimate of drug-likeness (QED) is 0.289. The third kappa shape index (κ3) is 5.20. The van der Waals surface area contributed by atoms with E-state index in [1.807, 2.05) is 19.9 Å². The van der Waals surface area contributed by atoms with Gasteiger partial charge in [0, 0.05) is 29.0 Å². The molecule has 0 bridgehead atoms. The van der Waals surface area contributed by atoms with Crippen LogP contribution in [0.5, 0.6) is 23.0 Å². The lowest BCUT2D eigenvalue weighted by molar-refractivity contribution is -0.122. The maximum atomic E-state index is 13.2. The molecule has 1 aromatic heterocycles. The Bertz CT molecular complexity index is 1540. The van der Waals surface area contributed by atoms with E-state index < -0.39 is 17.3 Å². The van der Waals surface area contributed by atoms with Gasteiger partial charge in [-0.1, -0.05) is 13.8 Å². The van der Waals surface area contributed by atoms with E-state index in [1.54, 1.807) is 56.8 Å². The molecule has 1 fully saturated rings. The first-order valence-corrected chi connectivity index (χ1v) is 12.4. The molecule has 200 valence electrons. The number of amides is 2. The summed E-state index contributed by atoms with van der Waals surface area (Å²) in [4.78, 5) is 30.2. The van der Waals surface area contributed by atoms with Gasteiger partial charge in [0.05, 0.1) is 31.6 Å². The number of aromatic nitrogens is 1. The third-order valence-electron chi connectivity index (χ3n) is 7.06. The first-order valence-electron chi connectivity index (χ1n) is 12.4. The van der Waals surface area contributed by atoms with E-state index in [-0.39, 0.29) is 17.6 Å². The fourth-order valence-electron chi connectivity index (χ4n) is 4.86. The number of benzene rings is 3. The van der Waals surface area contributed by atoms with E-state index in [2.05, 4.69) is 15.6 Å². The summed E-state index contributed by atoms with van der Waals surface area (Å²) in [6, 6.07) is 17.9. The van der Waals surface area contributed by atoms with Crippen LogP contribution in [0.2, 0.25) is 0 Å². The van der Waals surface area contributed by atoms with Gasteiger partial charge in [-0.25, -0.2) is 4.39 Å². The van der Waals surface area contributed by atoms with Gasteiger partial charge in [-0.2, -0.15) is 0 Å². The van der Waals surface area contributed by atoms with Crippen molar-refractivity contribution >= 4 is 34.1 Å². The molecular formula is C30H28FN3O5. The number of hydrogen-bond acceptors (Lipinski definition) is 6. The van der Waals surface area contributed by atoms with E-state index in [9.17, 15) is 14.0 Å². The largest absolute Gasteiger partial charge is 0.493 e. The van der Waals surface area contributed by atoms with Crippen LogP contribution in [0.25, 0.3) is 10.9 Å². The topological polar surface area (TPSA) is 98.8 Å². The summed E-state index contributed by atoms with van der Waals surface area (Å²) >= 11 is 0. The summed E-state index contributed by atoms with van der Waals surface area (Å²) < 4.78 is 30.0. The highest BCUT2D eigenvalue weighted by atomic mass is 19.1. The average Bonchev–Trinajstić information content (AvgIpc) is 3.52. The van der Waals surface area contributed by atoms with Crippen molar-refractivity contribution in [2.45, 2.75) is 13.8 Å². The Morgan fingerprint density at radius 2 is 1.33 bits per heavy atom. The summed E-state index contributed by atoms with van der Waals surface area (Å²) in [6.07, 6.45) is 1.65. The van der Waals surface area contributed by atoms with Crippen molar-refractivity contribution in [2.75, 3.05) is 24.9 Å². The van der Waals surface area contributed by atoms with Gasteiger partial charge in [0.25, 0.3) is 0 Å². The van der Waals surface area contributed by atoms with Gasteiger partial charge in [-0.05, 0) is 66.1 Å². The lowest BCUT2D eigenvalue weighted by Crippen LogP contribution is -2.20. The molecule has 1 aliphatic carbocycles. The molecule has 39 heavy (non-hydrogen) atoms. The van der Waals surface area contributed by atoms with E-state index in [0.717, 1.165) is 5.39 Å². The molecule has 1 aliphatic rings. The third-order valence-corrected chi connectivity index (χ3v) is 7.06. The van der Waals surface area contributed by atoms with Gasteiger partial charge in [-0.15, -0.1) is 0 Å². The van der Waals surface area contributed by atoms with E-state index in [0.29, 0.717) is 39.9 Å². The minimum absolute atomic E-state index is 0.242. The molecule has 4 aromatic rings. The van der Waals surface area contributed by atoms with Crippen molar-refractivity contribution < 1.29 is 28.2 Å². The van der Waals surface area contributed by atoms with Crippen LogP contribution < -0.4 is 24.8 Å². The van der Waals surface area contributed by atoms with E-state index >= 15 is 0 Å². The lowest BCUT2D eigenvalue weighted by atomic mass is 10.1. The van der Waals surface area contributed by atoms with Crippen molar-refractivity contribution in [1.82, 2.24) is 4.98 Å². The molecule has 0 unspecified atom stereocenters. The number of nitrogens with zero attached hydrogens (tertiary/aromatic N) is 1. The zero-order valence-electron chi connectivity index (χ0n) is 21.9. The Balaban J connectivity index is 1.25. The normalized spacial score (nSPS) is 17.3. The highest BCUT2D eigenvalue weighted by Crippen LogP contribution is 2.59. The van der Waals surface area contributed by atoms with Crippen LogP contribution in [0, 0.1) is 23.1 Å². The number of rotatable bonds is 8. The highest BCUT2D eigenvalue weighted by Gasteiger charge is 2.65. The molecule has 9 heteroatoms. The molecule has 2 atom stereocenters. The summed E-state index contributed by atoms with van der Waals surface area (Å²) in [6.45, 7) is 3.76. The average molecular weight is 530 g/mol. The van der Waals surface area contributed by atoms with Gasteiger partial charge in [0.2, 0.25) is 11.8 Å². The predicted octanol–water partition coefficient (Wildman–Crippen LogP) is 6.03. The standard InChI is InChI=1S/C30H28FN3O5/c1-30(2)26(28(35)33-18-7-5-17(31)6-8-18)27(30)29(36)34-19-9-11-20(12-10-19)39-23-13-14-32-22-16-25(38-4)24(37-3)15-21(22)23/h5-16,26-27H,1-4H3,(H,33,35)(H,34,36)/t26-,27+/m0/s1. The van der Waals surface area contributed by atoms with Gasteiger partial charge >= 0.3 is 0 Å². The molecule has 0 spiro atoms. The Morgan fingerprint density at radius 3 is 1.90 bits per heavy atom. The number of pyridine rings is 1. The Hall–Kier alpha value is -4.66. The summed E-state index contributed by atoms with van der Waals surface area (Å²) in [7, 11) is 3.13. The zero-order valence-corrected chi connectivity index (χ0v) is 21.9. The maximum Gasteiger partial charge on any atom is 0.228 e. The van der Waals surface area contributed by atoms with Gasteiger partial charge in [-0.3, -0.25) is 14.6 Å². The van der Waals surface area contributed by atoms with Crippen molar-refractivity contribution in [3.63, 3.8) is 0 Å². The minimum atomic E-state index is -0.511. The van der Waals surface area contributed by atoms with Crippen molar-refractivity contribution in [3.05, 3.63) is 78.7 Å². The summed E-state index contributed by atoms with van der Waals surface area (Å²) in [5, 5.41) is 6.43. The Kier molecular flexibility index (Phi) is 6.82. The van der Waals surface area contributed by atoms with Crippen LogP contribution in [0.15, 0.2) is 72.9 Å². The number of carbonyl (C=O) groups is 2. The zero-order chi connectivity index (χ0) is 27.7. The van der Waals surface area contributed by atoms with Gasteiger partial charge in [0.15, 0.2) is 11.5 Å². The molecule has 2 amide bonds. The molecular weight excluding hydrogens is 501 g/mol. The minimum Gasteiger partial charge on any atom is -0.493 e. The number of fused-ring (bicyclic) bond motifs is 1. The first-order chi connectivity index (χ1) is 18.7. The highest BCUT2D eigenvalue weighted by molar-refractivity contribution is 6.04. The monoisotopic (exact) mass is 529 g/mol. The predicted molar refractivity (Wildman–Crippen MR) is 146 cm³/mol. The van der Waals surface area contributed by atoms with Gasteiger partial charge < -0.3 is 24.8 Å². The molecule has 5 rings (SSSR count). The molecule has 0 saturated heterocycles. The molecule has 8 nitrogen and oxygen atoms in total. The Labute approximate surface area is 225 Å². The van der Waals surface area contributed by atoms with E-state index in [4.69, 9.17) is 14.2 Å². The van der Waals surface area contributed by atoms with Crippen molar-refractivity contribution in [2.24, 2.45) is 17.3 Å². The van der Waals surface area contributed by atoms with Crippen molar-refractivity contribution in [3.8, 4) is 23.0 Å². The van der Waals surface area contributed by atoms with E-state index in [1.165, 1.54) is 24.3 Å². The number of ether oxygens (including phenoxy) is 3. The fraction of sp³-hybridized carbons (Fsp3) is 0.233. The number of nitrogens with one attached hydrogen (secondary N) is 2.